The molecule has 5 heteroatoms. The number of carbonyl (C=O) groups is 1. The molecule has 2 heterocycles. The summed E-state index contributed by atoms with van der Waals surface area (Å²) in [6.45, 7) is 6.96. The number of carbonyl (C=O) groups excluding carboxylic acids is 1. The molecule has 4 nitrogen and oxygen atoms in total. The van der Waals surface area contributed by atoms with Gasteiger partial charge in [0.15, 0.2) is 0 Å². The zero-order valence-corrected chi connectivity index (χ0v) is 11.7. The first-order valence-corrected chi connectivity index (χ1v) is 6.85. The van der Waals surface area contributed by atoms with Gasteiger partial charge < -0.3 is 9.88 Å². The maximum atomic E-state index is 12.1. The van der Waals surface area contributed by atoms with Crippen molar-refractivity contribution < 1.29 is 4.79 Å². The van der Waals surface area contributed by atoms with E-state index in [-0.39, 0.29) is 5.91 Å². The molecule has 0 radical (unpaired) electrons. The molecule has 1 aromatic rings. The fourth-order valence-corrected chi connectivity index (χ4v) is 2.50. The van der Waals surface area contributed by atoms with Crippen molar-refractivity contribution >= 4 is 21.8 Å². The second-order valence-electron chi connectivity index (χ2n) is 4.37. The first-order valence-electron chi connectivity index (χ1n) is 6.06. The third-order valence-corrected chi connectivity index (χ3v) is 3.54. The topological polar surface area (TPSA) is 39.3 Å². The van der Waals surface area contributed by atoms with Crippen molar-refractivity contribution in [1.82, 2.24) is 14.8 Å². The normalized spacial score (nSPS) is 17.4. The van der Waals surface area contributed by atoms with Crippen LogP contribution in [-0.2, 0) is 0 Å². The Morgan fingerprint density at radius 2 is 2.12 bits per heavy atom. The molecule has 0 atom stereocenters. The van der Waals surface area contributed by atoms with Gasteiger partial charge in [-0.3, -0.25) is 9.69 Å². The molecule has 1 saturated heterocycles. The van der Waals surface area contributed by atoms with Crippen LogP contribution in [0.1, 0.15) is 23.8 Å². The van der Waals surface area contributed by atoms with Crippen LogP contribution < -0.4 is 0 Å². The number of aromatic nitrogens is 1. The average Bonchev–Trinajstić information content (AvgIpc) is 2.76. The van der Waals surface area contributed by atoms with Crippen molar-refractivity contribution in [3.8, 4) is 0 Å². The molecule has 1 amide bonds. The van der Waals surface area contributed by atoms with Crippen molar-refractivity contribution in [2.75, 3.05) is 32.7 Å². The van der Waals surface area contributed by atoms with Crippen LogP contribution in [-0.4, -0.2) is 53.4 Å². The molecule has 1 aliphatic rings. The molecule has 0 unspecified atom stereocenters. The van der Waals surface area contributed by atoms with E-state index in [1.54, 1.807) is 6.20 Å². The summed E-state index contributed by atoms with van der Waals surface area (Å²) in [5.74, 6) is 0.104. The molecule has 1 aromatic heterocycles. The molecule has 2 rings (SSSR count). The van der Waals surface area contributed by atoms with Crippen molar-refractivity contribution in [2.24, 2.45) is 0 Å². The van der Waals surface area contributed by atoms with Gasteiger partial charge in [-0.25, -0.2) is 0 Å². The smallest absolute Gasteiger partial charge is 0.270 e. The predicted octanol–water partition coefficient (Wildman–Crippen LogP) is 1.95. The van der Waals surface area contributed by atoms with Gasteiger partial charge in [0.25, 0.3) is 5.91 Å². The van der Waals surface area contributed by atoms with Crippen LogP contribution in [0.4, 0.5) is 0 Å². The Kier molecular flexibility index (Phi) is 4.23. The molecule has 17 heavy (non-hydrogen) atoms. The number of halogens is 1. The molecule has 94 valence electrons. The summed E-state index contributed by atoms with van der Waals surface area (Å²) >= 11 is 3.34. The second-order valence-corrected chi connectivity index (χ2v) is 5.28. The van der Waals surface area contributed by atoms with Crippen LogP contribution in [0.5, 0.6) is 0 Å². The van der Waals surface area contributed by atoms with Gasteiger partial charge in [0.1, 0.15) is 5.69 Å². The summed E-state index contributed by atoms with van der Waals surface area (Å²) in [5.41, 5.74) is 0.667. The van der Waals surface area contributed by atoms with Gasteiger partial charge in [-0.2, -0.15) is 0 Å². The highest BCUT2D eigenvalue weighted by Crippen LogP contribution is 2.13. The van der Waals surface area contributed by atoms with Crippen LogP contribution in [0.2, 0.25) is 0 Å². The van der Waals surface area contributed by atoms with E-state index in [9.17, 15) is 4.79 Å². The number of rotatable bonds is 3. The largest absolute Gasteiger partial charge is 0.356 e. The number of hydrogen-bond donors (Lipinski definition) is 1. The van der Waals surface area contributed by atoms with Crippen molar-refractivity contribution in [1.29, 1.82) is 0 Å². The first-order chi connectivity index (χ1) is 8.20. The molecular formula is C12H18BrN3O. The molecule has 0 spiro atoms. The SMILES string of the molecule is CCCN1CCN(C(=O)c2cc(Br)c[nH]2)CC1. The van der Waals surface area contributed by atoms with Crippen molar-refractivity contribution in [3.63, 3.8) is 0 Å². The monoisotopic (exact) mass is 299 g/mol. The summed E-state index contributed by atoms with van der Waals surface area (Å²) in [5, 5.41) is 0. The van der Waals surface area contributed by atoms with Crippen LogP contribution in [0.15, 0.2) is 16.7 Å². The fourth-order valence-electron chi connectivity index (χ4n) is 2.15. The molecule has 0 aliphatic carbocycles. The Bertz CT molecular complexity index is 383. The minimum absolute atomic E-state index is 0.104. The van der Waals surface area contributed by atoms with E-state index in [0.29, 0.717) is 5.69 Å². The molecule has 0 bridgehead atoms. The van der Waals surface area contributed by atoms with E-state index in [1.165, 1.54) is 6.42 Å². The summed E-state index contributed by atoms with van der Waals surface area (Å²) in [6, 6.07) is 1.83. The Morgan fingerprint density at radius 3 is 2.65 bits per heavy atom. The zero-order valence-electron chi connectivity index (χ0n) is 10.1. The number of nitrogens with one attached hydrogen (secondary N) is 1. The lowest BCUT2D eigenvalue weighted by Crippen LogP contribution is -2.48. The van der Waals surface area contributed by atoms with Crippen molar-refractivity contribution in [2.45, 2.75) is 13.3 Å². The average molecular weight is 300 g/mol. The predicted molar refractivity (Wildman–Crippen MR) is 71.1 cm³/mol. The Balaban J connectivity index is 1.90. The number of amides is 1. The van der Waals surface area contributed by atoms with E-state index in [2.05, 4.69) is 32.7 Å². The molecular weight excluding hydrogens is 282 g/mol. The lowest BCUT2D eigenvalue weighted by Gasteiger charge is -2.34. The van der Waals surface area contributed by atoms with E-state index < -0.39 is 0 Å². The van der Waals surface area contributed by atoms with E-state index >= 15 is 0 Å². The van der Waals surface area contributed by atoms with Gasteiger partial charge >= 0.3 is 0 Å². The van der Waals surface area contributed by atoms with Gasteiger partial charge in [-0.1, -0.05) is 6.92 Å². The Morgan fingerprint density at radius 1 is 1.41 bits per heavy atom. The highest BCUT2D eigenvalue weighted by Gasteiger charge is 2.22. The lowest BCUT2D eigenvalue weighted by molar-refractivity contribution is 0.0632. The third-order valence-electron chi connectivity index (χ3n) is 3.08. The minimum atomic E-state index is 0.104. The summed E-state index contributed by atoms with van der Waals surface area (Å²) in [7, 11) is 0. The molecule has 1 N–H and O–H groups in total. The highest BCUT2D eigenvalue weighted by molar-refractivity contribution is 9.10. The van der Waals surface area contributed by atoms with Crippen LogP contribution in [0.3, 0.4) is 0 Å². The Hall–Kier alpha value is -0.810. The summed E-state index contributed by atoms with van der Waals surface area (Å²) < 4.78 is 0.922. The zero-order chi connectivity index (χ0) is 12.3. The van der Waals surface area contributed by atoms with Gasteiger partial charge in [-0.05, 0) is 35.0 Å². The third kappa shape index (κ3) is 3.10. The second kappa shape index (κ2) is 5.69. The molecule has 0 saturated carbocycles. The first kappa shape index (κ1) is 12.6. The van der Waals surface area contributed by atoms with Crippen LogP contribution in [0, 0.1) is 0 Å². The number of H-pyrrole nitrogens is 1. The van der Waals surface area contributed by atoms with E-state index in [1.807, 2.05) is 11.0 Å². The van der Waals surface area contributed by atoms with Crippen molar-refractivity contribution in [3.05, 3.63) is 22.4 Å². The highest BCUT2D eigenvalue weighted by atomic mass is 79.9. The minimum Gasteiger partial charge on any atom is -0.356 e. The maximum absolute atomic E-state index is 12.1. The number of hydrogen-bond acceptors (Lipinski definition) is 2. The van der Waals surface area contributed by atoms with E-state index in [4.69, 9.17) is 0 Å². The quantitative estimate of drug-likeness (QED) is 0.926. The lowest BCUT2D eigenvalue weighted by atomic mass is 10.2. The van der Waals surface area contributed by atoms with Crippen LogP contribution in [0.25, 0.3) is 0 Å². The van der Waals surface area contributed by atoms with E-state index in [0.717, 1.165) is 37.2 Å². The van der Waals surface area contributed by atoms with Crippen LogP contribution >= 0.6 is 15.9 Å². The Labute approximate surface area is 110 Å². The number of piperazine rings is 1. The van der Waals surface area contributed by atoms with Gasteiger partial charge in [0.05, 0.1) is 0 Å². The standard InChI is InChI=1S/C12H18BrN3O/c1-2-3-15-4-6-16(7-5-15)12(17)11-8-10(13)9-14-11/h8-9,14H,2-7H2,1H3. The van der Waals surface area contributed by atoms with Gasteiger partial charge in [-0.15, -0.1) is 0 Å². The van der Waals surface area contributed by atoms with Gasteiger partial charge in [0.2, 0.25) is 0 Å². The maximum Gasteiger partial charge on any atom is 0.270 e. The fraction of sp³-hybridized carbons (Fsp3) is 0.583. The van der Waals surface area contributed by atoms with Gasteiger partial charge in [0, 0.05) is 36.8 Å². The molecule has 1 fully saturated rings. The molecule has 0 aromatic carbocycles. The number of aromatic amines is 1. The summed E-state index contributed by atoms with van der Waals surface area (Å²) in [6.07, 6.45) is 2.97. The number of nitrogens with zero attached hydrogens (tertiary/aromatic N) is 2. The summed E-state index contributed by atoms with van der Waals surface area (Å²) in [4.78, 5) is 19.5. The molecule has 1 aliphatic heterocycles.